The molecule has 166 valence electrons. The maximum Gasteiger partial charge on any atom is 0.169 e. The number of nitriles is 1. The Bertz CT molecular complexity index is 1130. The molecule has 1 unspecified atom stereocenters. The van der Waals surface area contributed by atoms with E-state index in [1.54, 1.807) is 18.2 Å². The molecule has 2 aliphatic rings. The predicted molar refractivity (Wildman–Crippen MR) is 131 cm³/mol. The third-order valence-corrected chi connectivity index (χ3v) is 8.01. The van der Waals surface area contributed by atoms with Crippen molar-refractivity contribution < 1.29 is 9.53 Å². The molecule has 3 nitrogen and oxygen atoms in total. The molecule has 1 saturated carbocycles. The molecule has 0 radical (unpaired) electrons. The van der Waals surface area contributed by atoms with E-state index in [9.17, 15) is 4.79 Å². The average molecular weight is 513 g/mol. The van der Waals surface area contributed by atoms with Crippen LogP contribution < -0.4 is 4.74 Å². The molecule has 0 spiro atoms. The second kappa shape index (κ2) is 8.36. The van der Waals surface area contributed by atoms with Gasteiger partial charge in [-0.15, -0.1) is 0 Å². The fraction of sp³-hybridized carbons (Fsp3) is 0.407. The van der Waals surface area contributed by atoms with E-state index in [1.807, 2.05) is 12.1 Å². The molecule has 0 bridgehead atoms. The third kappa shape index (κ3) is 3.91. The zero-order chi connectivity index (χ0) is 23.3. The first kappa shape index (κ1) is 23.1. The van der Waals surface area contributed by atoms with Crippen LogP contribution in [0.1, 0.15) is 55.6 Å². The molecule has 0 N–H and O–H groups in total. The first-order valence-electron chi connectivity index (χ1n) is 10.9. The van der Waals surface area contributed by atoms with Gasteiger partial charge in [0.1, 0.15) is 17.9 Å². The number of rotatable bonds is 4. The molecule has 4 rings (SSSR count). The van der Waals surface area contributed by atoms with Crippen molar-refractivity contribution in [3.05, 3.63) is 74.7 Å². The van der Waals surface area contributed by atoms with Crippen molar-refractivity contribution in [2.24, 2.45) is 22.7 Å². The van der Waals surface area contributed by atoms with Gasteiger partial charge in [0.2, 0.25) is 0 Å². The van der Waals surface area contributed by atoms with Crippen molar-refractivity contribution in [1.82, 2.24) is 0 Å². The lowest BCUT2D eigenvalue weighted by atomic mass is 9.45. The zero-order valence-corrected chi connectivity index (χ0v) is 21.1. The smallest absolute Gasteiger partial charge is 0.169 e. The van der Waals surface area contributed by atoms with E-state index in [-0.39, 0.29) is 34.6 Å². The van der Waals surface area contributed by atoms with Gasteiger partial charge in [-0.05, 0) is 54.7 Å². The van der Waals surface area contributed by atoms with Gasteiger partial charge in [0, 0.05) is 32.9 Å². The second-order valence-electron chi connectivity index (χ2n) is 10.1. The number of fused-ring (bicyclic) bond motifs is 1. The summed E-state index contributed by atoms with van der Waals surface area (Å²) in [6.45, 7) is 8.83. The number of aryl methyl sites for hydroxylation is 1. The standard InChI is InChI=1S/C27H27BrClNO2/c1-26(2)23(12-8-16-5-6-17-13-19(28)9-11-21(17)24(16)31)27(3,4)25(26)32-20-10-7-18(15-30)22(29)14-20/h7-14,16,23,25H,5-6H2,1-4H3/b12-8+. The Morgan fingerprint density at radius 3 is 2.50 bits per heavy atom. The second-order valence-corrected chi connectivity index (χ2v) is 11.4. The van der Waals surface area contributed by atoms with Gasteiger partial charge in [0.25, 0.3) is 0 Å². The van der Waals surface area contributed by atoms with Gasteiger partial charge in [-0.2, -0.15) is 5.26 Å². The number of hydrogen-bond donors (Lipinski definition) is 0. The molecule has 2 aromatic rings. The highest BCUT2D eigenvalue weighted by Crippen LogP contribution is 2.61. The van der Waals surface area contributed by atoms with Crippen LogP contribution in [-0.4, -0.2) is 11.9 Å². The lowest BCUT2D eigenvalue weighted by molar-refractivity contribution is -0.177. The van der Waals surface area contributed by atoms with Crippen LogP contribution in [0.3, 0.4) is 0 Å². The number of allylic oxidation sites excluding steroid dienone is 2. The SMILES string of the molecule is CC1(C)C(/C=C/C2CCc3cc(Br)ccc3C2=O)C(C)(C)C1Oc1ccc(C#N)c(Cl)c1. The van der Waals surface area contributed by atoms with E-state index >= 15 is 0 Å². The van der Waals surface area contributed by atoms with E-state index in [0.717, 1.165) is 28.4 Å². The average Bonchev–Trinajstić information content (AvgIpc) is 2.73. The molecule has 5 heteroatoms. The number of benzene rings is 2. The minimum atomic E-state index is -0.110. The van der Waals surface area contributed by atoms with Crippen molar-refractivity contribution in [1.29, 1.82) is 5.26 Å². The Labute approximate surface area is 203 Å². The Morgan fingerprint density at radius 1 is 1.12 bits per heavy atom. The quantitative estimate of drug-likeness (QED) is 0.401. The van der Waals surface area contributed by atoms with Crippen molar-refractivity contribution in [2.45, 2.75) is 46.6 Å². The normalized spacial score (nSPS) is 25.7. The van der Waals surface area contributed by atoms with E-state index in [4.69, 9.17) is 21.6 Å². The number of ketones is 1. The molecular formula is C27H27BrClNO2. The number of carbonyl (C=O) groups excluding carboxylic acids is 1. The van der Waals surface area contributed by atoms with Gasteiger partial charge in [-0.25, -0.2) is 0 Å². The number of carbonyl (C=O) groups is 1. The summed E-state index contributed by atoms with van der Waals surface area (Å²) in [5, 5.41) is 9.49. The van der Waals surface area contributed by atoms with Crippen molar-refractivity contribution >= 4 is 33.3 Å². The van der Waals surface area contributed by atoms with Gasteiger partial charge in [-0.1, -0.05) is 67.4 Å². The van der Waals surface area contributed by atoms with Crippen LogP contribution in [0.4, 0.5) is 0 Å². The summed E-state index contributed by atoms with van der Waals surface area (Å²) in [5.74, 6) is 1.08. The Hall–Kier alpha value is -2.09. The molecule has 0 saturated heterocycles. The Balaban J connectivity index is 1.50. The van der Waals surface area contributed by atoms with E-state index in [1.165, 1.54) is 0 Å². The molecule has 0 aromatic heterocycles. The maximum absolute atomic E-state index is 13.0. The molecule has 0 amide bonds. The van der Waals surface area contributed by atoms with E-state index in [0.29, 0.717) is 16.3 Å². The van der Waals surface area contributed by atoms with Crippen LogP contribution in [0.2, 0.25) is 5.02 Å². The third-order valence-electron chi connectivity index (χ3n) is 7.20. The molecule has 32 heavy (non-hydrogen) atoms. The summed E-state index contributed by atoms with van der Waals surface area (Å²) in [7, 11) is 0. The van der Waals surface area contributed by atoms with E-state index in [2.05, 4.69) is 67.9 Å². The van der Waals surface area contributed by atoms with Gasteiger partial charge in [0.05, 0.1) is 10.6 Å². The summed E-state index contributed by atoms with van der Waals surface area (Å²) in [6.07, 6.45) is 6.09. The number of halogens is 2. The summed E-state index contributed by atoms with van der Waals surface area (Å²) < 4.78 is 7.38. The molecule has 2 aliphatic carbocycles. The predicted octanol–water partition coefficient (Wildman–Crippen LogP) is 7.41. The highest BCUT2D eigenvalue weighted by molar-refractivity contribution is 9.10. The summed E-state index contributed by atoms with van der Waals surface area (Å²) in [5.41, 5.74) is 2.20. The van der Waals surface area contributed by atoms with Gasteiger partial charge in [0.15, 0.2) is 5.78 Å². The number of Topliss-reactive ketones (excluding diaryl/α,β-unsaturated/α-hetero) is 1. The largest absolute Gasteiger partial charge is 0.489 e. The zero-order valence-electron chi connectivity index (χ0n) is 18.8. The first-order valence-corrected chi connectivity index (χ1v) is 12.1. The molecule has 0 heterocycles. The fourth-order valence-corrected chi connectivity index (χ4v) is 6.44. The molecule has 0 aliphatic heterocycles. The van der Waals surface area contributed by atoms with Crippen LogP contribution in [0, 0.1) is 34.0 Å². The summed E-state index contributed by atoms with van der Waals surface area (Å²) >= 11 is 9.69. The van der Waals surface area contributed by atoms with Crippen LogP contribution in [0.5, 0.6) is 5.75 Å². The van der Waals surface area contributed by atoms with Crippen molar-refractivity contribution in [3.63, 3.8) is 0 Å². The lowest BCUT2D eigenvalue weighted by Crippen LogP contribution is -2.65. The molecule has 2 aromatic carbocycles. The van der Waals surface area contributed by atoms with Crippen LogP contribution >= 0.6 is 27.5 Å². The minimum absolute atomic E-state index is 0.0196. The number of ether oxygens (including phenoxy) is 1. The van der Waals surface area contributed by atoms with Crippen LogP contribution in [0.15, 0.2) is 53.0 Å². The van der Waals surface area contributed by atoms with Crippen LogP contribution in [-0.2, 0) is 6.42 Å². The van der Waals surface area contributed by atoms with Crippen LogP contribution in [0.25, 0.3) is 0 Å². The maximum atomic E-state index is 13.0. The molecular weight excluding hydrogens is 486 g/mol. The van der Waals surface area contributed by atoms with Crippen molar-refractivity contribution in [2.75, 3.05) is 0 Å². The Kier molecular flexibility index (Phi) is 6.03. The van der Waals surface area contributed by atoms with Crippen molar-refractivity contribution in [3.8, 4) is 11.8 Å². The fourth-order valence-electron chi connectivity index (χ4n) is 5.82. The topological polar surface area (TPSA) is 50.1 Å². The van der Waals surface area contributed by atoms with Gasteiger partial charge >= 0.3 is 0 Å². The Morgan fingerprint density at radius 2 is 1.84 bits per heavy atom. The summed E-state index contributed by atoms with van der Waals surface area (Å²) in [4.78, 5) is 13.0. The molecule has 1 fully saturated rings. The van der Waals surface area contributed by atoms with Gasteiger partial charge in [-0.3, -0.25) is 4.79 Å². The first-order chi connectivity index (χ1) is 15.1. The highest BCUT2D eigenvalue weighted by Gasteiger charge is 2.62. The lowest BCUT2D eigenvalue weighted by Gasteiger charge is -2.62. The minimum Gasteiger partial charge on any atom is -0.489 e. The monoisotopic (exact) mass is 511 g/mol. The highest BCUT2D eigenvalue weighted by atomic mass is 79.9. The van der Waals surface area contributed by atoms with E-state index < -0.39 is 0 Å². The van der Waals surface area contributed by atoms with Gasteiger partial charge < -0.3 is 4.74 Å². The molecule has 1 atom stereocenters. The number of nitrogens with zero attached hydrogens (tertiary/aromatic N) is 1. The number of hydrogen-bond acceptors (Lipinski definition) is 3. The summed E-state index contributed by atoms with van der Waals surface area (Å²) in [6, 6.07) is 13.2.